The molecule has 1 aromatic rings. The number of para-hydroxylation sites is 1. The van der Waals surface area contributed by atoms with Gasteiger partial charge < -0.3 is 4.74 Å². The van der Waals surface area contributed by atoms with Crippen LogP contribution in [-0.4, -0.2) is 12.4 Å². The Morgan fingerprint density at radius 1 is 1.26 bits per heavy atom. The van der Waals surface area contributed by atoms with Gasteiger partial charge in [0.1, 0.15) is 12.4 Å². The molecule has 0 unspecified atom stereocenters. The summed E-state index contributed by atoms with van der Waals surface area (Å²) in [5, 5.41) is 0. The van der Waals surface area contributed by atoms with E-state index in [1.165, 1.54) is 5.57 Å². The molecule has 1 aliphatic rings. The number of allylic oxidation sites excluding steroid dienone is 4. The van der Waals surface area contributed by atoms with E-state index >= 15 is 0 Å². The minimum atomic E-state index is 0.0677. The first kappa shape index (κ1) is 13.3. The van der Waals surface area contributed by atoms with Crippen LogP contribution >= 0.6 is 0 Å². The van der Waals surface area contributed by atoms with E-state index in [9.17, 15) is 4.79 Å². The van der Waals surface area contributed by atoms with E-state index < -0.39 is 0 Å². The number of hydrogen-bond acceptors (Lipinski definition) is 2. The zero-order valence-corrected chi connectivity index (χ0v) is 11.6. The standard InChI is InChI=1S/C17H18O2/c1-12(10-13(2)18)8-9-15-11-19-17-7-5-4-6-16(17)14(15)3/h4-10H,11H2,1-3H3/b9-8+,12-10+. The number of ether oxygens (including phenoxy) is 1. The van der Waals surface area contributed by atoms with E-state index in [1.807, 2.05) is 37.3 Å². The maximum atomic E-state index is 11.0. The van der Waals surface area contributed by atoms with Crippen LogP contribution in [0.3, 0.4) is 0 Å². The molecule has 0 aliphatic carbocycles. The molecule has 0 aromatic heterocycles. The molecule has 98 valence electrons. The normalized spacial score (nSPS) is 15.4. The molecule has 2 rings (SSSR count). The molecule has 0 saturated heterocycles. The van der Waals surface area contributed by atoms with Gasteiger partial charge in [-0.2, -0.15) is 0 Å². The second kappa shape index (κ2) is 5.70. The highest BCUT2D eigenvalue weighted by molar-refractivity contribution is 5.88. The third-order valence-electron chi connectivity index (χ3n) is 3.13. The number of hydrogen-bond donors (Lipinski definition) is 0. The highest BCUT2D eigenvalue weighted by Gasteiger charge is 2.14. The van der Waals surface area contributed by atoms with Gasteiger partial charge in [-0.1, -0.05) is 30.4 Å². The zero-order valence-electron chi connectivity index (χ0n) is 11.6. The Kier molecular flexibility index (Phi) is 4.00. The Morgan fingerprint density at radius 2 is 2.00 bits per heavy atom. The molecular formula is C17H18O2. The molecule has 2 heteroatoms. The van der Waals surface area contributed by atoms with Crippen LogP contribution in [-0.2, 0) is 4.79 Å². The molecule has 0 amide bonds. The summed E-state index contributed by atoms with van der Waals surface area (Å²) in [6.45, 7) is 6.16. The summed E-state index contributed by atoms with van der Waals surface area (Å²) in [5.74, 6) is 1.01. The van der Waals surface area contributed by atoms with Crippen molar-refractivity contribution in [3.63, 3.8) is 0 Å². The van der Waals surface area contributed by atoms with Crippen molar-refractivity contribution in [1.29, 1.82) is 0 Å². The lowest BCUT2D eigenvalue weighted by molar-refractivity contribution is -0.112. The first-order valence-electron chi connectivity index (χ1n) is 6.37. The molecule has 0 N–H and O–H groups in total. The fourth-order valence-electron chi connectivity index (χ4n) is 2.11. The van der Waals surface area contributed by atoms with Crippen LogP contribution in [0.2, 0.25) is 0 Å². The van der Waals surface area contributed by atoms with Crippen molar-refractivity contribution in [3.8, 4) is 5.75 Å². The number of benzene rings is 1. The van der Waals surface area contributed by atoms with Crippen LogP contribution in [0.1, 0.15) is 26.3 Å². The van der Waals surface area contributed by atoms with Crippen LogP contribution < -0.4 is 4.74 Å². The molecule has 0 atom stereocenters. The smallest absolute Gasteiger partial charge is 0.152 e. The van der Waals surface area contributed by atoms with E-state index in [1.54, 1.807) is 13.0 Å². The highest BCUT2D eigenvalue weighted by atomic mass is 16.5. The zero-order chi connectivity index (χ0) is 13.8. The summed E-state index contributed by atoms with van der Waals surface area (Å²) in [6, 6.07) is 8.04. The van der Waals surface area contributed by atoms with Crippen LogP contribution in [0, 0.1) is 0 Å². The minimum absolute atomic E-state index is 0.0677. The summed E-state index contributed by atoms with van der Waals surface area (Å²) in [7, 11) is 0. The third kappa shape index (κ3) is 3.22. The van der Waals surface area contributed by atoms with Gasteiger partial charge in [-0.05, 0) is 49.6 Å². The van der Waals surface area contributed by atoms with Crippen molar-refractivity contribution >= 4 is 11.4 Å². The van der Waals surface area contributed by atoms with E-state index in [0.29, 0.717) is 6.61 Å². The molecule has 0 saturated carbocycles. The molecule has 1 heterocycles. The maximum Gasteiger partial charge on any atom is 0.152 e. The first-order chi connectivity index (χ1) is 9.08. The lowest BCUT2D eigenvalue weighted by atomic mass is 9.98. The fraction of sp³-hybridized carbons (Fsp3) is 0.235. The largest absolute Gasteiger partial charge is 0.488 e. The summed E-state index contributed by atoms with van der Waals surface area (Å²) in [6.07, 6.45) is 5.61. The number of carbonyl (C=O) groups is 1. The molecule has 1 aliphatic heterocycles. The summed E-state index contributed by atoms with van der Waals surface area (Å²) in [4.78, 5) is 11.0. The predicted octanol–water partition coefficient (Wildman–Crippen LogP) is 3.94. The SMILES string of the molecule is CC(=O)/C=C(C)/C=C/C1=C(C)c2ccccc2OC1. The second-order valence-electron chi connectivity index (χ2n) is 4.77. The van der Waals surface area contributed by atoms with Gasteiger partial charge in [0.05, 0.1) is 0 Å². The Hall–Kier alpha value is -2.09. The molecule has 2 nitrogen and oxygen atoms in total. The van der Waals surface area contributed by atoms with Crippen molar-refractivity contribution in [3.05, 3.63) is 59.2 Å². The van der Waals surface area contributed by atoms with E-state index in [-0.39, 0.29) is 5.78 Å². The maximum absolute atomic E-state index is 11.0. The lowest BCUT2D eigenvalue weighted by Gasteiger charge is -2.20. The Morgan fingerprint density at radius 3 is 2.74 bits per heavy atom. The van der Waals surface area contributed by atoms with Crippen molar-refractivity contribution in [2.24, 2.45) is 0 Å². The monoisotopic (exact) mass is 254 g/mol. The molecule has 0 fully saturated rings. The van der Waals surface area contributed by atoms with Crippen molar-refractivity contribution < 1.29 is 9.53 Å². The van der Waals surface area contributed by atoms with Gasteiger partial charge in [0, 0.05) is 5.56 Å². The first-order valence-corrected chi connectivity index (χ1v) is 6.37. The molecule has 0 bridgehead atoms. The molecule has 0 spiro atoms. The van der Waals surface area contributed by atoms with Gasteiger partial charge in [-0.25, -0.2) is 0 Å². The van der Waals surface area contributed by atoms with Gasteiger partial charge in [0.15, 0.2) is 5.78 Å². The lowest BCUT2D eigenvalue weighted by Crippen LogP contribution is -2.08. The average Bonchev–Trinajstić information content (AvgIpc) is 2.37. The van der Waals surface area contributed by atoms with Crippen LogP contribution in [0.25, 0.3) is 5.57 Å². The van der Waals surface area contributed by atoms with Crippen molar-refractivity contribution in [2.75, 3.05) is 6.61 Å². The number of ketones is 1. The quantitative estimate of drug-likeness (QED) is 0.603. The molecule has 0 radical (unpaired) electrons. The highest BCUT2D eigenvalue weighted by Crippen LogP contribution is 2.32. The van der Waals surface area contributed by atoms with E-state index in [0.717, 1.165) is 22.5 Å². The summed E-state index contributed by atoms with van der Waals surface area (Å²) in [5.41, 5.74) is 4.47. The number of rotatable bonds is 3. The fourth-order valence-corrected chi connectivity index (χ4v) is 2.11. The summed E-state index contributed by atoms with van der Waals surface area (Å²) >= 11 is 0. The van der Waals surface area contributed by atoms with Gasteiger partial charge >= 0.3 is 0 Å². The Bertz CT molecular complexity index is 589. The number of fused-ring (bicyclic) bond motifs is 1. The molecule has 19 heavy (non-hydrogen) atoms. The van der Waals surface area contributed by atoms with Gasteiger partial charge in [0.25, 0.3) is 0 Å². The van der Waals surface area contributed by atoms with Crippen LogP contribution in [0.15, 0.2) is 53.6 Å². The Balaban J connectivity index is 2.27. The van der Waals surface area contributed by atoms with Gasteiger partial charge in [-0.3, -0.25) is 4.79 Å². The van der Waals surface area contributed by atoms with Crippen molar-refractivity contribution in [2.45, 2.75) is 20.8 Å². The minimum Gasteiger partial charge on any atom is -0.488 e. The molecular weight excluding hydrogens is 236 g/mol. The van der Waals surface area contributed by atoms with Crippen molar-refractivity contribution in [1.82, 2.24) is 0 Å². The van der Waals surface area contributed by atoms with E-state index in [2.05, 4.69) is 13.0 Å². The van der Waals surface area contributed by atoms with Crippen LogP contribution in [0.5, 0.6) is 5.75 Å². The second-order valence-corrected chi connectivity index (χ2v) is 4.77. The van der Waals surface area contributed by atoms with Gasteiger partial charge in [-0.15, -0.1) is 0 Å². The number of carbonyl (C=O) groups excluding carboxylic acids is 1. The third-order valence-corrected chi connectivity index (χ3v) is 3.13. The summed E-state index contributed by atoms with van der Waals surface area (Å²) < 4.78 is 5.72. The predicted molar refractivity (Wildman–Crippen MR) is 78.1 cm³/mol. The average molecular weight is 254 g/mol. The Labute approximate surface area is 114 Å². The van der Waals surface area contributed by atoms with E-state index in [4.69, 9.17) is 4.74 Å². The molecule has 1 aromatic carbocycles. The topological polar surface area (TPSA) is 26.3 Å². The van der Waals surface area contributed by atoms with Gasteiger partial charge in [0.2, 0.25) is 0 Å². The van der Waals surface area contributed by atoms with Crippen LogP contribution in [0.4, 0.5) is 0 Å².